The summed E-state index contributed by atoms with van der Waals surface area (Å²) in [6.45, 7) is 0. The van der Waals surface area contributed by atoms with Crippen LogP contribution in [0.1, 0.15) is 0 Å². The van der Waals surface area contributed by atoms with Gasteiger partial charge in [0.1, 0.15) is 0 Å². The molecule has 2 nitrogen and oxygen atoms in total. The first-order valence-corrected chi connectivity index (χ1v) is 4.58. The van der Waals surface area contributed by atoms with E-state index in [4.69, 9.17) is 3.17 Å². The summed E-state index contributed by atoms with van der Waals surface area (Å²) in [6.07, 6.45) is 0. The van der Waals surface area contributed by atoms with E-state index in [1.807, 2.05) is 18.2 Å². The molecule has 2 rings (SSSR count). The molecule has 0 unspecified atom stereocenters. The topological polar surface area (TPSA) is 21.3 Å². The molecule has 0 saturated heterocycles. The van der Waals surface area contributed by atoms with Crippen molar-refractivity contribution >= 4 is 5.69 Å². The van der Waals surface area contributed by atoms with Gasteiger partial charge in [0.25, 0.3) is 0 Å². The van der Waals surface area contributed by atoms with Gasteiger partial charge in [-0.05, 0) is 0 Å². The van der Waals surface area contributed by atoms with Crippen molar-refractivity contribution in [2.45, 2.75) is 0 Å². The first kappa shape index (κ1) is 5.49. The molecule has 0 bridgehead atoms. The van der Waals surface area contributed by atoms with Gasteiger partial charge in [-0.3, -0.25) is 0 Å². The van der Waals surface area contributed by atoms with Crippen LogP contribution in [-0.2, 0) is 3.17 Å². The first-order valence-electron chi connectivity index (χ1n) is 2.62. The molecule has 0 aromatic heterocycles. The molecule has 1 aromatic rings. The predicted molar refractivity (Wildman–Crippen MR) is 29.8 cm³/mol. The van der Waals surface area contributed by atoms with Crippen LogP contribution in [-0.4, -0.2) is 0 Å². The van der Waals surface area contributed by atoms with Gasteiger partial charge in [0.05, 0.1) is 0 Å². The SMILES string of the molecule is c1ccc2c(c1)NO[I-]2. The summed E-state index contributed by atoms with van der Waals surface area (Å²) in [5.41, 5.74) is 3.99. The van der Waals surface area contributed by atoms with E-state index in [1.54, 1.807) is 0 Å². The molecule has 1 N–H and O–H groups in total. The van der Waals surface area contributed by atoms with Crippen molar-refractivity contribution in [2.75, 3.05) is 5.48 Å². The molecule has 0 amide bonds. The van der Waals surface area contributed by atoms with Crippen molar-refractivity contribution in [1.82, 2.24) is 0 Å². The molecule has 1 aromatic carbocycles. The van der Waals surface area contributed by atoms with E-state index in [0.29, 0.717) is 0 Å². The molecule has 48 valence electrons. The third-order valence-corrected chi connectivity index (χ3v) is 3.00. The summed E-state index contributed by atoms with van der Waals surface area (Å²) < 4.78 is 6.42. The average Bonchev–Trinajstić information content (AvgIpc) is 2.33. The number of rotatable bonds is 0. The molecule has 0 spiro atoms. The van der Waals surface area contributed by atoms with Gasteiger partial charge in [-0.25, -0.2) is 0 Å². The number of hydrogen-bond donors (Lipinski definition) is 1. The molecular formula is C6H5INO-. The molecule has 0 atom stereocenters. The Balaban J connectivity index is 2.54. The fraction of sp³-hybridized carbons (Fsp3) is 0. The van der Waals surface area contributed by atoms with E-state index in [-0.39, 0.29) is 21.6 Å². The summed E-state index contributed by atoms with van der Waals surface area (Å²) in [6, 6.07) is 8.17. The molecule has 9 heavy (non-hydrogen) atoms. The van der Waals surface area contributed by atoms with Crippen molar-refractivity contribution < 1.29 is 24.8 Å². The Morgan fingerprint density at radius 1 is 1.33 bits per heavy atom. The van der Waals surface area contributed by atoms with Gasteiger partial charge >= 0.3 is 63.8 Å². The number of benzene rings is 1. The van der Waals surface area contributed by atoms with Gasteiger partial charge in [-0.1, -0.05) is 0 Å². The minimum atomic E-state index is -0.189. The second kappa shape index (κ2) is 2.15. The second-order valence-corrected chi connectivity index (χ2v) is 3.78. The molecule has 1 aliphatic rings. The van der Waals surface area contributed by atoms with Gasteiger partial charge in [-0.2, -0.15) is 0 Å². The predicted octanol–water partition coefficient (Wildman–Crippen LogP) is -1.78. The van der Waals surface area contributed by atoms with Crippen molar-refractivity contribution in [3.63, 3.8) is 0 Å². The summed E-state index contributed by atoms with van der Waals surface area (Å²) in [5, 5.41) is 0. The summed E-state index contributed by atoms with van der Waals surface area (Å²) in [7, 11) is 0. The normalized spacial score (nSPS) is 15.6. The maximum atomic E-state index is 5.07. The van der Waals surface area contributed by atoms with Crippen LogP contribution in [0.25, 0.3) is 0 Å². The summed E-state index contributed by atoms with van der Waals surface area (Å²) in [4.78, 5) is 0. The number of hydrogen-bond acceptors (Lipinski definition) is 2. The van der Waals surface area contributed by atoms with Gasteiger partial charge in [-0.15, -0.1) is 0 Å². The fourth-order valence-corrected chi connectivity index (χ4v) is 2.18. The van der Waals surface area contributed by atoms with Crippen LogP contribution in [0.3, 0.4) is 0 Å². The van der Waals surface area contributed by atoms with Gasteiger partial charge in [0.2, 0.25) is 0 Å². The molecule has 0 saturated carbocycles. The standard InChI is InChI=1S/C6H5INO/c1-2-4-6-5(3-1)7-9-8-6/h1-4,8H/q-1. The third-order valence-electron chi connectivity index (χ3n) is 1.14. The van der Waals surface area contributed by atoms with E-state index in [9.17, 15) is 0 Å². The van der Waals surface area contributed by atoms with Crippen LogP contribution in [0, 0.1) is 3.57 Å². The van der Waals surface area contributed by atoms with Gasteiger partial charge in [0, 0.05) is 0 Å². The Labute approximate surface area is 64.0 Å². The van der Waals surface area contributed by atoms with Crippen LogP contribution in [0.15, 0.2) is 24.3 Å². The summed E-state index contributed by atoms with van der Waals surface area (Å²) >= 11 is -0.189. The molecule has 1 heterocycles. The molecule has 0 fully saturated rings. The minimum absolute atomic E-state index is 0.189. The first-order chi connectivity index (χ1) is 4.47. The Kier molecular flexibility index (Phi) is 1.31. The number of anilines is 1. The Morgan fingerprint density at radius 3 is 3.11 bits per heavy atom. The average molecular weight is 234 g/mol. The fourth-order valence-electron chi connectivity index (χ4n) is 0.714. The maximum absolute atomic E-state index is 5.07. The van der Waals surface area contributed by atoms with Crippen LogP contribution in [0.2, 0.25) is 0 Å². The number of nitrogens with one attached hydrogen (secondary N) is 1. The zero-order valence-corrected chi connectivity index (χ0v) is 6.75. The van der Waals surface area contributed by atoms with Crippen LogP contribution in [0.5, 0.6) is 0 Å². The molecule has 3 heteroatoms. The second-order valence-electron chi connectivity index (χ2n) is 1.74. The van der Waals surface area contributed by atoms with E-state index in [0.717, 1.165) is 5.69 Å². The van der Waals surface area contributed by atoms with Crippen molar-refractivity contribution in [2.24, 2.45) is 0 Å². The molecule has 1 aliphatic heterocycles. The van der Waals surface area contributed by atoms with E-state index in [1.165, 1.54) is 3.57 Å². The van der Waals surface area contributed by atoms with E-state index < -0.39 is 0 Å². The molecular weight excluding hydrogens is 229 g/mol. The Hall–Kier alpha value is -0.290. The van der Waals surface area contributed by atoms with Crippen molar-refractivity contribution in [1.29, 1.82) is 0 Å². The Bertz CT molecular complexity index is 203. The number of para-hydroxylation sites is 1. The number of halogens is 1. The quantitative estimate of drug-likeness (QED) is 0.536. The van der Waals surface area contributed by atoms with Crippen molar-refractivity contribution in [3.8, 4) is 0 Å². The van der Waals surface area contributed by atoms with Crippen LogP contribution in [0.4, 0.5) is 5.69 Å². The van der Waals surface area contributed by atoms with Gasteiger partial charge in [0.15, 0.2) is 0 Å². The monoisotopic (exact) mass is 234 g/mol. The zero-order chi connectivity index (χ0) is 6.10. The van der Waals surface area contributed by atoms with Crippen molar-refractivity contribution in [3.05, 3.63) is 27.8 Å². The van der Waals surface area contributed by atoms with E-state index in [2.05, 4.69) is 11.5 Å². The van der Waals surface area contributed by atoms with Crippen LogP contribution < -0.4 is 27.1 Å². The number of fused-ring (bicyclic) bond motifs is 1. The Morgan fingerprint density at radius 2 is 2.22 bits per heavy atom. The van der Waals surface area contributed by atoms with E-state index >= 15 is 0 Å². The third kappa shape index (κ3) is 0.900. The molecule has 0 radical (unpaired) electrons. The molecule has 0 aliphatic carbocycles. The summed E-state index contributed by atoms with van der Waals surface area (Å²) in [5.74, 6) is 0. The van der Waals surface area contributed by atoms with Crippen LogP contribution >= 0.6 is 0 Å². The zero-order valence-electron chi connectivity index (χ0n) is 4.60. The van der Waals surface area contributed by atoms with Gasteiger partial charge < -0.3 is 0 Å².